The van der Waals surface area contributed by atoms with Gasteiger partial charge in [0.25, 0.3) is 0 Å². The highest BCUT2D eigenvalue weighted by atomic mass is 35.5. The van der Waals surface area contributed by atoms with Gasteiger partial charge in [0.15, 0.2) is 0 Å². The highest BCUT2D eigenvalue weighted by Crippen LogP contribution is 2.27. The van der Waals surface area contributed by atoms with Crippen LogP contribution in [0.4, 0.5) is 13.2 Å². The molecule has 3 N–H and O–H groups in total. The maximum absolute atomic E-state index is 12.5. The third-order valence-corrected chi connectivity index (χ3v) is 5.27. The van der Waals surface area contributed by atoms with Crippen molar-refractivity contribution in [2.75, 3.05) is 6.54 Å². The van der Waals surface area contributed by atoms with Crippen LogP contribution >= 0.6 is 12.4 Å². The zero-order valence-corrected chi connectivity index (χ0v) is 16.3. The monoisotopic (exact) mass is 423 g/mol. The number of alkyl halides is 3. The molecule has 0 aliphatic rings. The number of pyridine rings is 1. The molecule has 0 fully saturated rings. The van der Waals surface area contributed by atoms with Gasteiger partial charge in [-0.25, -0.2) is 13.1 Å². The van der Waals surface area contributed by atoms with Gasteiger partial charge in [-0.1, -0.05) is 38.1 Å². The van der Waals surface area contributed by atoms with Crippen LogP contribution in [0.15, 0.2) is 47.5 Å². The predicted octanol–water partition coefficient (Wildman–Crippen LogP) is 3.62. The average Bonchev–Trinajstić information content (AvgIpc) is 2.59. The van der Waals surface area contributed by atoms with Crippen LogP contribution in [0.2, 0.25) is 0 Å². The number of aromatic nitrogens is 1. The first-order valence-electron chi connectivity index (χ1n) is 7.89. The van der Waals surface area contributed by atoms with Crippen LogP contribution < -0.4 is 10.5 Å². The molecule has 27 heavy (non-hydrogen) atoms. The van der Waals surface area contributed by atoms with Crippen LogP contribution in [0.1, 0.15) is 42.6 Å². The number of nitrogens with two attached hydrogens (primary N) is 1. The summed E-state index contributed by atoms with van der Waals surface area (Å²) in [5, 5.41) is 0. The number of nitrogens with zero attached hydrogens (tertiary/aromatic N) is 1. The summed E-state index contributed by atoms with van der Waals surface area (Å²) in [5.41, 5.74) is 6.73. The van der Waals surface area contributed by atoms with E-state index in [1.807, 2.05) is 24.3 Å². The summed E-state index contributed by atoms with van der Waals surface area (Å²) in [6.45, 7) is 4.02. The molecule has 0 spiro atoms. The van der Waals surface area contributed by atoms with E-state index >= 15 is 0 Å². The Morgan fingerprint density at radius 2 is 1.63 bits per heavy atom. The number of halogens is 4. The minimum Gasteiger partial charge on any atom is -0.323 e. The van der Waals surface area contributed by atoms with Crippen molar-refractivity contribution in [1.82, 2.24) is 9.71 Å². The van der Waals surface area contributed by atoms with Gasteiger partial charge in [-0.2, -0.15) is 13.2 Å². The van der Waals surface area contributed by atoms with Crippen LogP contribution in [0.5, 0.6) is 0 Å². The lowest BCUT2D eigenvalue weighted by Crippen LogP contribution is -2.32. The lowest BCUT2D eigenvalue weighted by atomic mass is 9.99. The first kappa shape index (κ1) is 23.4. The molecule has 1 heterocycles. The second kappa shape index (κ2) is 9.01. The van der Waals surface area contributed by atoms with Crippen molar-refractivity contribution in [3.63, 3.8) is 0 Å². The van der Waals surface area contributed by atoms with Gasteiger partial charge in [0.1, 0.15) is 10.6 Å². The molecule has 1 unspecified atom stereocenters. The minimum absolute atomic E-state index is 0. The van der Waals surface area contributed by atoms with E-state index < -0.39 is 27.9 Å². The number of rotatable bonds is 6. The number of nitrogens with one attached hydrogen (secondary N) is 1. The lowest BCUT2D eigenvalue weighted by molar-refractivity contribution is -0.141. The minimum atomic E-state index is -4.62. The Labute approximate surface area is 162 Å². The Kier molecular flexibility index (Phi) is 7.79. The molecular weight excluding hydrogens is 403 g/mol. The maximum Gasteiger partial charge on any atom is 0.433 e. The van der Waals surface area contributed by atoms with Crippen LogP contribution in [0.3, 0.4) is 0 Å². The molecule has 0 radical (unpaired) electrons. The summed E-state index contributed by atoms with van der Waals surface area (Å²) in [4.78, 5) is 2.80. The van der Waals surface area contributed by atoms with Crippen molar-refractivity contribution in [2.24, 2.45) is 5.73 Å². The van der Waals surface area contributed by atoms with E-state index in [0.29, 0.717) is 18.2 Å². The van der Waals surface area contributed by atoms with Gasteiger partial charge in [0, 0.05) is 18.8 Å². The Hall–Kier alpha value is -1.68. The van der Waals surface area contributed by atoms with Gasteiger partial charge >= 0.3 is 6.18 Å². The van der Waals surface area contributed by atoms with Gasteiger partial charge in [-0.3, -0.25) is 4.98 Å². The molecule has 0 saturated carbocycles. The van der Waals surface area contributed by atoms with E-state index in [4.69, 9.17) is 5.73 Å². The van der Waals surface area contributed by atoms with E-state index in [-0.39, 0.29) is 23.8 Å². The number of hydrogen-bond acceptors (Lipinski definition) is 4. The summed E-state index contributed by atoms with van der Waals surface area (Å²) >= 11 is 0. The Morgan fingerprint density at radius 3 is 2.07 bits per heavy atom. The highest BCUT2D eigenvalue weighted by Gasteiger charge is 2.32. The third-order valence-electron chi connectivity index (χ3n) is 3.86. The molecule has 2 aromatic rings. The molecule has 5 nitrogen and oxygen atoms in total. The van der Waals surface area contributed by atoms with E-state index in [1.54, 1.807) is 0 Å². The molecule has 0 aliphatic heterocycles. The molecule has 1 atom stereocenters. The molecule has 1 aromatic heterocycles. The van der Waals surface area contributed by atoms with E-state index in [1.165, 1.54) is 0 Å². The quantitative estimate of drug-likeness (QED) is 0.743. The highest BCUT2D eigenvalue weighted by molar-refractivity contribution is 7.89. The van der Waals surface area contributed by atoms with Crippen LogP contribution in [0, 0.1) is 0 Å². The van der Waals surface area contributed by atoms with Crippen molar-refractivity contribution >= 4 is 22.4 Å². The predicted molar refractivity (Wildman–Crippen MR) is 99.1 cm³/mol. The summed E-state index contributed by atoms with van der Waals surface area (Å²) in [6.07, 6.45) is -3.95. The largest absolute Gasteiger partial charge is 0.433 e. The summed E-state index contributed by atoms with van der Waals surface area (Å²) < 4.78 is 64.1. The van der Waals surface area contributed by atoms with Gasteiger partial charge < -0.3 is 5.73 Å². The first-order valence-corrected chi connectivity index (χ1v) is 9.37. The SMILES string of the molecule is CC(C)c1ccc(C(N)CNS(=O)(=O)c2ccc(C(F)(F)F)nc2)cc1.Cl. The van der Waals surface area contributed by atoms with Crippen LogP contribution in [0.25, 0.3) is 0 Å². The van der Waals surface area contributed by atoms with Gasteiger partial charge in [0.05, 0.1) is 0 Å². The maximum atomic E-state index is 12.5. The standard InChI is InChI=1S/C17H20F3N3O2S.ClH/c1-11(2)12-3-5-13(6-4-12)15(21)10-23-26(24,25)14-7-8-16(22-9-14)17(18,19)20;/h3-9,11,15,23H,10,21H2,1-2H3;1H. The second-order valence-electron chi connectivity index (χ2n) is 6.16. The van der Waals surface area contributed by atoms with E-state index in [0.717, 1.165) is 17.2 Å². The van der Waals surface area contributed by atoms with Gasteiger partial charge in [0.2, 0.25) is 10.0 Å². The zero-order valence-electron chi connectivity index (χ0n) is 14.7. The fraction of sp³-hybridized carbons (Fsp3) is 0.353. The van der Waals surface area contributed by atoms with Crippen LogP contribution in [-0.4, -0.2) is 19.9 Å². The molecule has 150 valence electrons. The first-order chi connectivity index (χ1) is 12.0. The van der Waals surface area contributed by atoms with Crippen molar-refractivity contribution < 1.29 is 21.6 Å². The molecule has 0 saturated heterocycles. The van der Waals surface area contributed by atoms with Crippen molar-refractivity contribution in [3.05, 3.63) is 59.4 Å². The Morgan fingerprint density at radius 1 is 1.07 bits per heavy atom. The summed E-state index contributed by atoms with van der Waals surface area (Å²) in [5.74, 6) is 0.367. The molecule has 1 aromatic carbocycles. The number of hydrogen-bond donors (Lipinski definition) is 2. The number of benzene rings is 1. The molecule has 2 rings (SSSR count). The fourth-order valence-corrected chi connectivity index (χ4v) is 3.24. The Bertz CT molecular complexity index is 839. The topological polar surface area (TPSA) is 85.1 Å². The molecular formula is C17H21ClF3N3O2S. The molecule has 0 amide bonds. The second-order valence-corrected chi connectivity index (χ2v) is 7.92. The number of sulfonamides is 1. The van der Waals surface area contributed by atoms with Gasteiger partial charge in [-0.15, -0.1) is 12.4 Å². The smallest absolute Gasteiger partial charge is 0.323 e. The van der Waals surface area contributed by atoms with Gasteiger partial charge in [-0.05, 0) is 29.2 Å². The molecule has 0 bridgehead atoms. The zero-order chi connectivity index (χ0) is 19.5. The molecule has 0 aliphatic carbocycles. The van der Waals surface area contributed by atoms with Crippen LogP contribution in [-0.2, 0) is 16.2 Å². The molecule has 10 heteroatoms. The van der Waals surface area contributed by atoms with Crippen molar-refractivity contribution in [3.8, 4) is 0 Å². The lowest BCUT2D eigenvalue weighted by Gasteiger charge is -2.15. The summed E-state index contributed by atoms with van der Waals surface area (Å²) in [6, 6.07) is 8.40. The van der Waals surface area contributed by atoms with E-state index in [9.17, 15) is 21.6 Å². The average molecular weight is 424 g/mol. The third kappa shape index (κ3) is 6.17. The van der Waals surface area contributed by atoms with E-state index in [2.05, 4.69) is 23.6 Å². The van der Waals surface area contributed by atoms with Crippen molar-refractivity contribution in [1.29, 1.82) is 0 Å². The Balaban J connectivity index is 0.00000364. The normalized spacial score (nSPS) is 13.3. The summed E-state index contributed by atoms with van der Waals surface area (Å²) in [7, 11) is -4.01. The van der Waals surface area contributed by atoms with Crippen molar-refractivity contribution in [2.45, 2.75) is 36.9 Å². The fourth-order valence-electron chi connectivity index (χ4n) is 2.24.